The van der Waals surface area contributed by atoms with Gasteiger partial charge < -0.3 is 0 Å². The predicted molar refractivity (Wildman–Crippen MR) is 65.4 cm³/mol. The van der Waals surface area contributed by atoms with E-state index in [1.54, 1.807) is 0 Å². The number of thioether (sulfide) groups is 1. The van der Waals surface area contributed by atoms with Gasteiger partial charge in [0.05, 0.1) is 0 Å². The highest BCUT2D eigenvalue weighted by molar-refractivity contribution is 7.98. The number of ketones is 1. The van der Waals surface area contributed by atoms with E-state index < -0.39 is 0 Å². The standard InChI is InChI=1S/C12H21NOS/c1-9(8-15-2)13-10-4-3-5-11(13)7-12(14)6-10/h9-11H,3-8H2,1-2H3. The highest BCUT2D eigenvalue weighted by atomic mass is 32.2. The number of Topliss-reactive ketones (excluding diaryl/α,β-unsaturated/α-hetero) is 1. The Morgan fingerprint density at radius 2 is 2.00 bits per heavy atom. The van der Waals surface area contributed by atoms with Gasteiger partial charge in [0, 0.05) is 36.7 Å². The number of rotatable bonds is 3. The smallest absolute Gasteiger partial charge is 0.136 e. The number of fused-ring (bicyclic) bond motifs is 2. The summed E-state index contributed by atoms with van der Waals surface area (Å²) in [5.41, 5.74) is 0. The normalized spacial score (nSPS) is 34.1. The zero-order valence-electron chi connectivity index (χ0n) is 9.74. The molecule has 0 aromatic rings. The highest BCUT2D eigenvalue weighted by Crippen LogP contribution is 2.34. The molecule has 2 heterocycles. The molecule has 0 saturated carbocycles. The lowest BCUT2D eigenvalue weighted by molar-refractivity contribution is -0.128. The van der Waals surface area contributed by atoms with Crippen molar-refractivity contribution in [2.24, 2.45) is 0 Å². The lowest BCUT2D eigenvalue weighted by Gasteiger charge is -2.48. The maximum absolute atomic E-state index is 11.6. The molecule has 0 aliphatic carbocycles. The van der Waals surface area contributed by atoms with Crippen molar-refractivity contribution >= 4 is 17.5 Å². The molecule has 2 aliphatic heterocycles. The van der Waals surface area contributed by atoms with E-state index in [1.807, 2.05) is 11.8 Å². The van der Waals surface area contributed by atoms with Crippen LogP contribution in [0.1, 0.15) is 39.0 Å². The van der Waals surface area contributed by atoms with Gasteiger partial charge >= 0.3 is 0 Å². The summed E-state index contributed by atoms with van der Waals surface area (Å²) < 4.78 is 0. The molecule has 2 nitrogen and oxygen atoms in total. The van der Waals surface area contributed by atoms with Crippen LogP contribution < -0.4 is 0 Å². The molecule has 3 atom stereocenters. The van der Waals surface area contributed by atoms with Crippen molar-refractivity contribution in [3.05, 3.63) is 0 Å². The van der Waals surface area contributed by atoms with E-state index >= 15 is 0 Å². The van der Waals surface area contributed by atoms with Crippen LogP contribution in [-0.4, -0.2) is 40.8 Å². The minimum absolute atomic E-state index is 0.498. The van der Waals surface area contributed by atoms with Crippen LogP contribution in [0.2, 0.25) is 0 Å². The van der Waals surface area contributed by atoms with Gasteiger partial charge in [-0.15, -0.1) is 0 Å². The Labute approximate surface area is 96.8 Å². The molecule has 2 saturated heterocycles. The van der Waals surface area contributed by atoms with Crippen LogP contribution >= 0.6 is 11.8 Å². The molecule has 15 heavy (non-hydrogen) atoms. The van der Waals surface area contributed by atoms with Gasteiger partial charge in [0.1, 0.15) is 5.78 Å². The van der Waals surface area contributed by atoms with Gasteiger partial charge in [0.25, 0.3) is 0 Å². The molecule has 0 aromatic heterocycles. The van der Waals surface area contributed by atoms with Gasteiger partial charge in [-0.1, -0.05) is 6.42 Å². The topological polar surface area (TPSA) is 20.3 Å². The van der Waals surface area contributed by atoms with Crippen LogP contribution in [0.3, 0.4) is 0 Å². The molecular weight excluding hydrogens is 206 g/mol. The van der Waals surface area contributed by atoms with Crippen molar-refractivity contribution in [2.45, 2.75) is 57.2 Å². The highest BCUT2D eigenvalue weighted by Gasteiger charge is 2.39. The first-order valence-electron chi connectivity index (χ1n) is 6.00. The minimum Gasteiger partial charge on any atom is -0.300 e. The van der Waals surface area contributed by atoms with E-state index in [0.29, 0.717) is 23.9 Å². The van der Waals surface area contributed by atoms with Crippen molar-refractivity contribution < 1.29 is 4.79 Å². The molecule has 0 radical (unpaired) electrons. The molecule has 2 fully saturated rings. The molecule has 0 N–H and O–H groups in total. The quantitative estimate of drug-likeness (QED) is 0.738. The summed E-state index contributed by atoms with van der Waals surface area (Å²) in [5, 5.41) is 0. The van der Waals surface area contributed by atoms with Crippen LogP contribution in [0, 0.1) is 0 Å². The first-order chi connectivity index (χ1) is 7.22. The maximum Gasteiger partial charge on any atom is 0.136 e. The summed E-state index contributed by atoms with van der Waals surface area (Å²) in [6.07, 6.45) is 7.60. The molecule has 2 bridgehead atoms. The van der Waals surface area contributed by atoms with Crippen molar-refractivity contribution in [2.75, 3.05) is 12.0 Å². The first-order valence-corrected chi connectivity index (χ1v) is 7.40. The zero-order valence-corrected chi connectivity index (χ0v) is 10.6. The van der Waals surface area contributed by atoms with Crippen LogP contribution in [0.15, 0.2) is 0 Å². The Kier molecular flexibility index (Phi) is 3.73. The van der Waals surface area contributed by atoms with Crippen LogP contribution in [-0.2, 0) is 4.79 Å². The van der Waals surface area contributed by atoms with E-state index in [1.165, 1.54) is 25.0 Å². The molecule has 0 spiro atoms. The largest absolute Gasteiger partial charge is 0.300 e. The summed E-state index contributed by atoms with van der Waals surface area (Å²) >= 11 is 1.92. The van der Waals surface area contributed by atoms with Crippen LogP contribution in [0.4, 0.5) is 0 Å². The Balaban J connectivity index is 2.06. The zero-order chi connectivity index (χ0) is 10.8. The molecule has 3 unspecified atom stereocenters. The summed E-state index contributed by atoms with van der Waals surface area (Å²) in [4.78, 5) is 14.2. The second kappa shape index (κ2) is 4.88. The Morgan fingerprint density at radius 3 is 2.53 bits per heavy atom. The van der Waals surface area contributed by atoms with E-state index in [2.05, 4.69) is 18.1 Å². The second-order valence-electron chi connectivity index (χ2n) is 4.94. The van der Waals surface area contributed by atoms with Gasteiger partial charge in [-0.25, -0.2) is 0 Å². The van der Waals surface area contributed by atoms with Crippen molar-refractivity contribution in [3.8, 4) is 0 Å². The number of nitrogens with zero attached hydrogens (tertiary/aromatic N) is 1. The average Bonchev–Trinajstić information content (AvgIpc) is 2.16. The summed E-state index contributed by atoms with van der Waals surface area (Å²) in [6, 6.07) is 1.77. The number of carbonyl (C=O) groups excluding carboxylic acids is 1. The van der Waals surface area contributed by atoms with Crippen molar-refractivity contribution in [3.63, 3.8) is 0 Å². The third-order valence-electron chi connectivity index (χ3n) is 3.76. The lowest BCUT2D eigenvalue weighted by Crippen LogP contribution is -2.56. The third-order valence-corrected chi connectivity index (χ3v) is 4.58. The van der Waals surface area contributed by atoms with Gasteiger partial charge in [0.2, 0.25) is 0 Å². The Bertz CT molecular complexity index is 228. The fraction of sp³-hybridized carbons (Fsp3) is 0.917. The fourth-order valence-electron chi connectivity index (χ4n) is 3.26. The molecule has 86 valence electrons. The first kappa shape index (κ1) is 11.5. The monoisotopic (exact) mass is 227 g/mol. The van der Waals surface area contributed by atoms with E-state index in [9.17, 15) is 4.79 Å². The maximum atomic E-state index is 11.6. The molecule has 3 heteroatoms. The second-order valence-corrected chi connectivity index (χ2v) is 5.85. The summed E-state index contributed by atoms with van der Waals surface area (Å²) in [5.74, 6) is 1.69. The minimum atomic E-state index is 0.498. The number of carbonyl (C=O) groups is 1. The van der Waals surface area contributed by atoms with Crippen molar-refractivity contribution in [1.82, 2.24) is 4.90 Å². The number of hydrogen-bond donors (Lipinski definition) is 0. The van der Waals surface area contributed by atoms with Crippen molar-refractivity contribution in [1.29, 1.82) is 0 Å². The molecule has 0 amide bonds. The molecular formula is C12H21NOS. The fourth-order valence-corrected chi connectivity index (χ4v) is 3.91. The van der Waals surface area contributed by atoms with Gasteiger partial charge in [-0.05, 0) is 26.0 Å². The Morgan fingerprint density at radius 1 is 1.40 bits per heavy atom. The van der Waals surface area contributed by atoms with E-state index in [4.69, 9.17) is 0 Å². The predicted octanol–water partition coefficient (Wildman–Crippen LogP) is 2.32. The van der Waals surface area contributed by atoms with Gasteiger partial charge in [-0.2, -0.15) is 11.8 Å². The lowest BCUT2D eigenvalue weighted by atomic mass is 9.83. The van der Waals surface area contributed by atoms with Gasteiger partial charge in [-0.3, -0.25) is 9.69 Å². The third kappa shape index (κ3) is 2.39. The summed E-state index contributed by atoms with van der Waals surface area (Å²) in [7, 11) is 0. The van der Waals surface area contributed by atoms with E-state index in [0.717, 1.165) is 12.8 Å². The molecule has 2 aliphatic rings. The van der Waals surface area contributed by atoms with Crippen LogP contribution in [0.25, 0.3) is 0 Å². The van der Waals surface area contributed by atoms with Gasteiger partial charge in [0.15, 0.2) is 0 Å². The SMILES string of the molecule is CSCC(C)N1C2CCCC1CC(=O)C2. The van der Waals surface area contributed by atoms with Crippen LogP contribution in [0.5, 0.6) is 0 Å². The Hall–Kier alpha value is -0.0200. The van der Waals surface area contributed by atoms with E-state index in [-0.39, 0.29) is 0 Å². The average molecular weight is 227 g/mol. The molecule has 0 aromatic carbocycles. The molecule has 2 rings (SSSR count). The number of hydrogen-bond acceptors (Lipinski definition) is 3. The summed E-state index contributed by atoms with van der Waals surface area (Å²) in [6.45, 7) is 2.32. The number of piperidine rings is 2.